The number of methoxy groups -OCH3 is 1. The van der Waals surface area contributed by atoms with E-state index in [1.54, 1.807) is 0 Å². The van der Waals surface area contributed by atoms with Gasteiger partial charge in [-0.05, 0) is 0 Å². The molecule has 3 rings (SSSR count). The predicted octanol–water partition coefficient (Wildman–Crippen LogP) is 3.68. The molecule has 0 radical (unpaired) electrons. The van der Waals surface area contributed by atoms with Gasteiger partial charge in [0.1, 0.15) is 5.65 Å². The molecule has 6 nitrogen and oxygen atoms in total. The highest BCUT2D eigenvalue weighted by molar-refractivity contribution is 5.66. The van der Waals surface area contributed by atoms with Crippen LogP contribution in [0.3, 0.4) is 0 Å². The summed E-state index contributed by atoms with van der Waals surface area (Å²) >= 11 is 0. The Labute approximate surface area is 157 Å². The Hall–Kier alpha value is -3.12. The van der Waals surface area contributed by atoms with E-state index in [9.17, 15) is 35.5 Å². The van der Waals surface area contributed by atoms with Gasteiger partial charge < -0.3 is 4.74 Å². The maximum Gasteiger partial charge on any atom is 0.434 e. The Balaban J connectivity index is 2.20. The second-order valence-electron chi connectivity index (χ2n) is 5.91. The van der Waals surface area contributed by atoms with Crippen LogP contribution in [0.4, 0.5) is 30.7 Å². The molecule has 0 atom stereocenters. The van der Waals surface area contributed by atoms with Gasteiger partial charge in [0.05, 0.1) is 31.5 Å². The van der Waals surface area contributed by atoms with E-state index in [2.05, 4.69) is 14.8 Å². The van der Waals surface area contributed by atoms with Crippen LogP contribution in [0, 0.1) is 5.82 Å². The van der Waals surface area contributed by atoms with E-state index in [1.807, 2.05) is 0 Å². The maximum absolute atomic E-state index is 13.9. The van der Waals surface area contributed by atoms with Crippen molar-refractivity contribution in [1.82, 2.24) is 19.2 Å². The Bertz CT molecular complexity index is 1120. The number of hydrogen-bond donors (Lipinski definition) is 0. The quantitative estimate of drug-likeness (QED) is 0.600. The molecule has 0 fully saturated rings. The number of aromatic nitrogens is 4. The number of alkyl halides is 6. The number of hydrogen-bond acceptors (Lipinski definition) is 4. The normalized spacial score (nSPS) is 12.6. The van der Waals surface area contributed by atoms with Crippen LogP contribution >= 0.6 is 0 Å². The Morgan fingerprint density at radius 1 is 1.14 bits per heavy atom. The molecule has 0 unspecified atom stereocenters. The van der Waals surface area contributed by atoms with E-state index in [0.717, 1.165) is 30.3 Å². The van der Waals surface area contributed by atoms with Gasteiger partial charge in [0, 0.05) is 24.4 Å². The molecule has 3 aromatic heterocycles. The number of rotatable bonds is 4. The molecule has 0 saturated heterocycles. The molecule has 156 valence electrons. The van der Waals surface area contributed by atoms with Crippen molar-refractivity contribution in [2.75, 3.05) is 7.11 Å². The van der Waals surface area contributed by atoms with E-state index in [1.165, 1.54) is 0 Å². The van der Waals surface area contributed by atoms with E-state index in [4.69, 9.17) is 0 Å². The second-order valence-corrected chi connectivity index (χ2v) is 5.91. The standard InChI is InChI=1S/C16H11F7N4O2/c1-29-10-4-11-25-13(16(21,22)23)12(14(28)27(11)7-9(10)17)8-5-24-26(6-8)3-2-15(18,19)20/h4-7H,2-3H2,1H3. The van der Waals surface area contributed by atoms with E-state index in [-0.39, 0.29) is 0 Å². The molecule has 13 heteroatoms. The van der Waals surface area contributed by atoms with Crippen LogP contribution < -0.4 is 10.3 Å². The van der Waals surface area contributed by atoms with Gasteiger partial charge in [0.25, 0.3) is 5.56 Å². The van der Waals surface area contributed by atoms with Crippen molar-refractivity contribution in [3.8, 4) is 16.9 Å². The van der Waals surface area contributed by atoms with Crippen molar-refractivity contribution in [2.24, 2.45) is 0 Å². The highest BCUT2D eigenvalue weighted by Crippen LogP contribution is 2.34. The first-order valence-electron chi connectivity index (χ1n) is 7.87. The summed E-state index contributed by atoms with van der Waals surface area (Å²) in [6.45, 7) is -0.654. The molecule has 29 heavy (non-hydrogen) atoms. The van der Waals surface area contributed by atoms with Gasteiger partial charge in [0.15, 0.2) is 17.3 Å². The maximum atomic E-state index is 13.9. The molecule has 0 saturated carbocycles. The number of nitrogens with zero attached hydrogens (tertiary/aromatic N) is 4. The highest BCUT2D eigenvalue weighted by atomic mass is 19.4. The first-order chi connectivity index (χ1) is 13.4. The molecular weight excluding hydrogens is 413 g/mol. The minimum Gasteiger partial charge on any atom is -0.493 e. The fourth-order valence-electron chi connectivity index (χ4n) is 2.62. The largest absolute Gasteiger partial charge is 0.493 e. The minimum absolute atomic E-state index is 0.400. The molecule has 0 aliphatic heterocycles. The second kappa shape index (κ2) is 7.04. The average Bonchev–Trinajstić information content (AvgIpc) is 3.07. The molecule has 0 spiro atoms. The average molecular weight is 424 g/mol. The topological polar surface area (TPSA) is 61.4 Å². The molecule has 0 aromatic carbocycles. The molecule has 3 heterocycles. The van der Waals surface area contributed by atoms with Crippen LogP contribution in [0.1, 0.15) is 12.1 Å². The number of pyridine rings is 1. The van der Waals surface area contributed by atoms with Crippen LogP contribution in [0.15, 0.2) is 29.5 Å². The Morgan fingerprint density at radius 3 is 2.41 bits per heavy atom. The highest BCUT2D eigenvalue weighted by Gasteiger charge is 2.38. The summed E-state index contributed by atoms with van der Waals surface area (Å²) < 4.78 is 97.5. The molecule has 0 aliphatic carbocycles. The van der Waals surface area contributed by atoms with Gasteiger partial charge in [0.2, 0.25) is 0 Å². The third-order valence-corrected chi connectivity index (χ3v) is 3.92. The lowest BCUT2D eigenvalue weighted by molar-refractivity contribution is -0.140. The van der Waals surface area contributed by atoms with Gasteiger partial charge in [-0.2, -0.15) is 31.4 Å². The molecular formula is C16H11F7N4O2. The fourth-order valence-corrected chi connectivity index (χ4v) is 2.62. The van der Waals surface area contributed by atoms with Gasteiger partial charge in [-0.3, -0.25) is 13.9 Å². The minimum atomic E-state index is -5.07. The molecule has 0 amide bonds. The third kappa shape index (κ3) is 4.17. The third-order valence-electron chi connectivity index (χ3n) is 3.92. The van der Waals surface area contributed by atoms with E-state index >= 15 is 0 Å². The smallest absolute Gasteiger partial charge is 0.434 e. The summed E-state index contributed by atoms with van der Waals surface area (Å²) in [6, 6.07) is 0.822. The first kappa shape index (κ1) is 20.6. The number of aryl methyl sites for hydroxylation is 1. The number of halogens is 7. The van der Waals surface area contributed by atoms with E-state index < -0.39 is 64.9 Å². The van der Waals surface area contributed by atoms with Gasteiger partial charge in [-0.25, -0.2) is 9.37 Å². The van der Waals surface area contributed by atoms with Crippen molar-refractivity contribution < 1.29 is 35.5 Å². The van der Waals surface area contributed by atoms with Gasteiger partial charge in [-0.1, -0.05) is 0 Å². The lowest BCUT2D eigenvalue weighted by atomic mass is 10.1. The summed E-state index contributed by atoms with van der Waals surface area (Å²) in [7, 11) is 1.08. The lowest BCUT2D eigenvalue weighted by Gasteiger charge is -2.13. The van der Waals surface area contributed by atoms with Crippen molar-refractivity contribution in [2.45, 2.75) is 25.3 Å². The van der Waals surface area contributed by atoms with Gasteiger partial charge >= 0.3 is 12.4 Å². The zero-order valence-electron chi connectivity index (χ0n) is 14.5. The zero-order chi connectivity index (χ0) is 21.6. The monoisotopic (exact) mass is 424 g/mol. The molecule has 0 aliphatic rings. The van der Waals surface area contributed by atoms with Gasteiger partial charge in [-0.15, -0.1) is 0 Å². The number of ether oxygens (including phenoxy) is 1. The summed E-state index contributed by atoms with van der Waals surface area (Å²) in [5, 5.41) is 3.56. The van der Waals surface area contributed by atoms with Crippen LogP contribution in [0.25, 0.3) is 16.8 Å². The van der Waals surface area contributed by atoms with Crippen molar-refractivity contribution in [3.63, 3.8) is 0 Å². The summed E-state index contributed by atoms with van der Waals surface area (Å²) in [6.07, 6.45) is -8.54. The SMILES string of the molecule is COc1cc2nc(C(F)(F)F)c(-c3cnn(CCC(F)(F)F)c3)c(=O)n2cc1F. The molecule has 0 N–H and O–H groups in total. The lowest BCUT2D eigenvalue weighted by Crippen LogP contribution is -2.24. The molecule has 0 bridgehead atoms. The fraction of sp³-hybridized carbons (Fsp3) is 0.312. The van der Waals surface area contributed by atoms with Crippen LogP contribution in [-0.2, 0) is 12.7 Å². The van der Waals surface area contributed by atoms with Crippen molar-refractivity contribution in [1.29, 1.82) is 0 Å². The Kier molecular flexibility index (Phi) is 5.01. The van der Waals surface area contributed by atoms with Crippen molar-refractivity contribution >= 4 is 5.65 Å². The first-order valence-corrected chi connectivity index (χ1v) is 7.87. The predicted molar refractivity (Wildman–Crippen MR) is 84.9 cm³/mol. The van der Waals surface area contributed by atoms with Crippen LogP contribution in [-0.4, -0.2) is 32.5 Å². The zero-order valence-corrected chi connectivity index (χ0v) is 14.5. The van der Waals surface area contributed by atoms with Crippen LogP contribution in [0.5, 0.6) is 5.75 Å². The van der Waals surface area contributed by atoms with E-state index in [0.29, 0.717) is 10.6 Å². The number of fused-ring (bicyclic) bond motifs is 1. The summed E-state index contributed by atoms with van der Waals surface area (Å²) in [5.74, 6) is -1.44. The van der Waals surface area contributed by atoms with Crippen LogP contribution in [0.2, 0.25) is 0 Å². The molecule has 3 aromatic rings. The summed E-state index contributed by atoms with van der Waals surface area (Å²) in [4.78, 5) is 16.1. The Morgan fingerprint density at radius 2 is 1.83 bits per heavy atom. The summed E-state index contributed by atoms with van der Waals surface area (Å²) in [5.41, 5.74) is -4.72. The van der Waals surface area contributed by atoms with Crippen molar-refractivity contribution in [3.05, 3.63) is 46.5 Å².